The Morgan fingerprint density at radius 1 is 1.37 bits per heavy atom. The van der Waals surface area contributed by atoms with Crippen LogP contribution in [0.3, 0.4) is 0 Å². The molecule has 1 aromatic rings. The maximum atomic E-state index is 12.7. The first-order valence-electron chi connectivity index (χ1n) is 9.57. The molecule has 0 bridgehead atoms. The lowest BCUT2D eigenvalue weighted by Crippen LogP contribution is -2.45. The molecular weight excluding hydrogens is 346 g/mol. The van der Waals surface area contributed by atoms with Gasteiger partial charge in [-0.3, -0.25) is 14.6 Å². The first-order chi connectivity index (χ1) is 12.8. The zero-order valence-corrected chi connectivity index (χ0v) is 16.0. The average molecular weight is 373 g/mol. The Morgan fingerprint density at radius 2 is 2.11 bits per heavy atom. The van der Waals surface area contributed by atoms with Crippen LogP contribution in [0.5, 0.6) is 0 Å². The number of pyridine rings is 1. The van der Waals surface area contributed by atoms with E-state index in [1.54, 1.807) is 19.3 Å². The maximum absolute atomic E-state index is 12.7. The van der Waals surface area contributed by atoms with Gasteiger partial charge in [0.05, 0.1) is 18.4 Å². The van der Waals surface area contributed by atoms with Gasteiger partial charge in [0, 0.05) is 18.2 Å². The van der Waals surface area contributed by atoms with E-state index >= 15 is 0 Å². The summed E-state index contributed by atoms with van der Waals surface area (Å²) in [5.41, 5.74) is 1.49. The van der Waals surface area contributed by atoms with Crippen LogP contribution in [0.2, 0.25) is 0 Å². The van der Waals surface area contributed by atoms with Crippen molar-refractivity contribution in [3.05, 3.63) is 24.0 Å². The van der Waals surface area contributed by atoms with Crippen molar-refractivity contribution in [1.29, 1.82) is 0 Å². The number of carbonyl (C=O) groups excluding carboxylic acids is 2. The molecule has 3 rings (SSSR count). The highest BCUT2D eigenvalue weighted by molar-refractivity contribution is 5.89. The normalized spacial score (nSPS) is 25.4. The molecule has 7 heteroatoms. The van der Waals surface area contributed by atoms with Crippen LogP contribution in [0.25, 0.3) is 0 Å². The first-order valence-corrected chi connectivity index (χ1v) is 9.57. The highest BCUT2D eigenvalue weighted by Gasteiger charge is 2.56. The Bertz CT molecular complexity index is 750. The third-order valence-corrected chi connectivity index (χ3v) is 5.95. The van der Waals surface area contributed by atoms with Gasteiger partial charge in [0.25, 0.3) is 0 Å². The molecule has 1 aromatic heterocycles. The predicted molar refractivity (Wildman–Crippen MR) is 100 cm³/mol. The molecule has 1 aliphatic carbocycles. The van der Waals surface area contributed by atoms with E-state index in [9.17, 15) is 19.5 Å². The van der Waals surface area contributed by atoms with Gasteiger partial charge in [-0.05, 0) is 43.2 Å². The Labute approximate surface area is 159 Å². The highest BCUT2D eigenvalue weighted by atomic mass is 16.4. The van der Waals surface area contributed by atoms with Crippen LogP contribution in [0, 0.1) is 11.8 Å². The number of carboxylic acids is 1. The van der Waals surface area contributed by atoms with Crippen molar-refractivity contribution in [2.75, 3.05) is 11.9 Å². The van der Waals surface area contributed by atoms with E-state index in [1.165, 1.54) is 4.90 Å². The van der Waals surface area contributed by atoms with Crippen LogP contribution in [0.15, 0.2) is 18.5 Å². The second kappa shape index (κ2) is 7.66. The van der Waals surface area contributed by atoms with Gasteiger partial charge in [0.2, 0.25) is 5.91 Å². The minimum atomic E-state index is -0.939. The lowest BCUT2D eigenvalue weighted by atomic mass is 9.82. The van der Waals surface area contributed by atoms with E-state index in [4.69, 9.17) is 0 Å². The molecular formula is C20H27N3O4. The summed E-state index contributed by atoms with van der Waals surface area (Å²) in [5.74, 6) is -0.839. The van der Waals surface area contributed by atoms with Crippen molar-refractivity contribution in [1.82, 2.24) is 9.88 Å². The number of hydrogen-bond donors (Lipinski definition) is 2. The Balaban J connectivity index is 1.74. The molecule has 5 atom stereocenters. The zero-order chi connectivity index (χ0) is 19.7. The molecule has 0 radical (unpaired) electrons. The SMILES string of the molecule is CCC(C)C(C(C)=O)c1ccncc1NCC(=O)N1[C@@H]2C[C@@H]2C[C@H]1C(=O)O. The number of rotatable bonds is 8. The van der Waals surface area contributed by atoms with Gasteiger partial charge in [-0.15, -0.1) is 0 Å². The fourth-order valence-corrected chi connectivity index (χ4v) is 4.28. The van der Waals surface area contributed by atoms with E-state index in [-0.39, 0.29) is 36.1 Å². The number of carbonyl (C=O) groups is 3. The van der Waals surface area contributed by atoms with Crippen LogP contribution in [-0.2, 0) is 14.4 Å². The summed E-state index contributed by atoms with van der Waals surface area (Å²) in [6, 6.07) is 1.16. The fourth-order valence-electron chi connectivity index (χ4n) is 4.28. The number of hydrogen-bond acceptors (Lipinski definition) is 5. The molecule has 2 N–H and O–H groups in total. The predicted octanol–water partition coefficient (Wildman–Crippen LogP) is 2.29. The summed E-state index contributed by atoms with van der Waals surface area (Å²) < 4.78 is 0. The minimum absolute atomic E-state index is 0.00315. The molecule has 2 fully saturated rings. The molecule has 27 heavy (non-hydrogen) atoms. The van der Waals surface area contributed by atoms with Gasteiger partial charge in [-0.1, -0.05) is 20.3 Å². The van der Waals surface area contributed by atoms with Crippen LogP contribution in [0.1, 0.15) is 51.5 Å². The summed E-state index contributed by atoms with van der Waals surface area (Å²) in [6.07, 6.45) is 5.58. The average Bonchev–Trinajstić information content (AvgIpc) is 3.29. The number of anilines is 1. The number of nitrogens with zero attached hydrogens (tertiary/aromatic N) is 2. The zero-order valence-electron chi connectivity index (χ0n) is 16.0. The van der Waals surface area contributed by atoms with Gasteiger partial charge >= 0.3 is 5.97 Å². The number of aromatic nitrogens is 1. The van der Waals surface area contributed by atoms with Crippen molar-refractivity contribution in [2.45, 2.75) is 58.0 Å². The van der Waals surface area contributed by atoms with Gasteiger partial charge in [0.1, 0.15) is 11.8 Å². The number of ketones is 1. The van der Waals surface area contributed by atoms with Gasteiger partial charge in [-0.25, -0.2) is 4.79 Å². The van der Waals surface area contributed by atoms with Crippen molar-refractivity contribution in [3.8, 4) is 0 Å². The monoisotopic (exact) mass is 373 g/mol. The van der Waals surface area contributed by atoms with Gasteiger partial charge < -0.3 is 15.3 Å². The van der Waals surface area contributed by atoms with Crippen molar-refractivity contribution < 1.29 is 19.5 Å². The molecule has 2 heterocycles. The molecule has 1 saturated heterocycles. The number of nitrogens with one attached hydrogen (secondary N) is 1. The largest absolute Gasteiger partial charge is 0.480 e. The Hall–Kier alpha value is -2.44. The quantitative estimate of drug-likeness (QED) is 0.725. The highest BCUT2D eigenvalue weighted by Crippen LogP contribution is 2.47. The number of fused-ring (bicyclic) bond motifs is 1. The van der Waals surface area contributed by atoms with Gasteiger partial charge in [0.15, 0.2) is 0 Å². The van der Waals surface area contributed by atoms with Crippen LogP contribution in [0.4, 0.5) is 5.69 Å². The minimum Gasteiger partial charge on any atom is -0.480 e. The third-order valence-electron chi connectivity index (χ3n) is 5.95. The molecule has 2 aliphatic rings. The maximum Gasteiger partial charge on any atom is 0.326 e. The molecule has 146 valence electrons. The van der Waals surface area contributed by atoms with E-state index < -0.39 is 12.0 Å². The molecule has 7 nitrogen and oxygen atoms in total. The molecule has 1 saturated carbocycles. The summed E-state index contributed by atoms with van der Waals surface area (Å²) >= 11 is 0. The number of amides is 1. The van der Waals surface area contributed by atoms with E-state index in [0.717, 1.165) is 18.4 Å². The summed E-state index contributed by atoms with van der Waals surface area (Å²) in [5, 5.41) is 12.5. The third kappa shape index (κ3) is 3.82. The summed E-state index contributed by atoms with van der Waals surface area (Å²) in [7, 11) is 0. The number of aliphatic carboxylic acids is 1. The van der Waals surface area contributed by atoms with Crippen molar-refractivity contribution in [3.63, 3.8) is 0 Å². The fraction of sp³-hybridized carbons (Fsp3) is 0.600. The number of piperidine rings is 1. The molecule has 0 spiro atoms. The topological polar surface area (TPSA) is 99.6 Å². The number of likely N-dealkylation sites (tertiary alicyclic amines) is 1. The lowest BCUT2D eigenvalue weighted by molar-refractivity contribution is -0.148. The Morgan fingerprint density at radius 3 is 2.74 bits per heavy atom. The van der Waals surface area contributed by atoms with Crippen LogP contribution in [-0.4, -0.2) is 51.3 Å². The summed E-state index contributed by atoms with van der Waals surface area (Å²) in [4.78, 5) is 42.0. The van der Waals surface area contributed by atoms with E-state index in [2.05, 4.69) is 10.3 Å². The van der Waals surface area contributed by atoms with Crippen molar-refractivity contribution in [2.24, 2.45) is 11.8 Å². The molecule has 1 amide bonds. The second-order valence-electron chi connectivity index (χ2n) is 7.74. The molecule has 1 aliphatic heterocycles. The number of carboxylic acid groups (broad SMARTS) is 1. The van der Waals surface area contributed by atoms with Gasteiger partial charge in [-0.2, -0.15) is 0 Å². The number of Topliss-reactive ketones (excluding diaryl/α,β-unsaturated/α-hetero) is 1. The van der Waals surface area contributed by atoms with Crippen LogP contribution >= 0.6 is 0 Å². The second-order valence-corrected chi connectivity index (χ2v) is 7.74. The standard InChI is InChI=1S/C20H27N3O4/c1-4-11(2)19(12(3)24)14-5-6-21-9-15(14)22-10-18(25)23-16-7-13(16)8-17(23)20(26)27/h5-6,9,11,13,16-17,19,22H,4,7-8,10H2,1-3H3,(H,26,27)/t11?,13-,16-,17+,19?/m1/s1. The Kier molecular flexibility index (Phi) is 5.48. The van der Waals surface area contributed by atoms with Crippen molar-refractivity contribution >= 4 is 23.3 Å². The smallest absolute Gasteiger partial charge is 0.326 e. The lowest BCUT2D eigenvalue weighted by Gasteiger charge is -2.26. The molecule has 0 aromatic carbocycles. The molecule has 2 unspecified atom stereocenters. The first kappa shape index (κ1) is 19.3. The van der Waals surface area contributed by atoms with Crippen LogP contribution < -0.4 is 5.32 Å². The van der Waals surface area contributed by atoms with E-state index in [0.29, 0.717) is 18.0 Å². The summed E-state index contributed by atoms with van der Waals surface area (Å²) in [6.45, 7) is 5.66. The van der Waals surface area contributed by atoms with E-state index in [1.807, 2.05) is 19.9 Å².